The molecule has 0 spiro atoms. The van der Waals surface area contributed by atoms with Gasteiger partial charge in [-0.2, -0.15) is 0 Å². The molecule has 1 aliphatic carbocycles. The molecule has 2 rings (SSSR count). The average Bonchev–Trinajstić information content (AvgIpc) is 2.70. The van der Waals surface area contributed by atoms with E-state index in [1.807, 2.05) is 0 Å². The molecule has 1 N–H and O–H groups in total. The second-order valence-electron chi connectivity index (χ2n) is 7.25. The highest BCUT2D eigenvalue weighted by Gasteiger charge is 2.43. The lowest BCUT2D eigenvalue weighted by Gasteiger charge is -2.45. The molecule has 100 valence electrons. The zero-order chi connectivity index (χ0) is 12.5. The number of hydrogen-bond donors (Lipinski definition) is 1. The van der Waals surface area contributed by atoms with Crippen molar-refractivity contribution >= 4 is 0 Å². The molecular weight excluding hydrogens is 206 g/mol. The van der Waals surface area contributed by atoms with Gasteiger partial charge >= 0.3 is 0 Å². The quantitative estimate of drug-likeness (QED) is 0.774. The lowest BCUT2D eigenvalue weighted by atomic mass is 9.65. The van der Waals surface area contributed by atoms with E-state index >= 15 is 0 Å². The topological polar surface area (TPSA) is 12.0 Å². The Kier molecular flexibility index (Phi) is 4.18. The van der Waals surface area contributed by atoms with Gasteiger partial charge in [-0.1, -0.05) is 34.1 Å². The second-order valence-corrected chi connectivity index (χ2v) is 7.25. The molecule has 1 heteroatoms. The van der Waals surface area contributed by atoms with Crippen molar-refractivity contribution in [1.29, 1.82) is 0 Å². The summed E-state index contributed by atoms with van der Waals surface area (Å²) in [6, 6.07) is 0. The molecule has 2 aliphatic rings. The summed E-state index contributed by atoms with van der Waals surface area (Å²) in [5.74, 6) is 3.65. The van der Waals surface area contributed by atoms with Crippen LogP contribution in [0.25, 0.3) is 0 Å². The van der Waals surface area contributed by atoms with Crippen LogP contribution in [-0.2, 0) is 0 Å². The molecule has 17 heavy (non-hydrogen) atoms. The largest absolute Gasteiger partial charge is 0.311 e. The first-order valence-electron chi connectivity index (χ1n) is 7.78. The molecule has 4 atom stereocenters. The molecule has 0 amide bonds. The minimum atomic E-state index is 0.503. The van der Waals surface area contributed by atoms with Crippen molar-refractivity contribution in [2.45, 2.75) is 71.8 Å². The van der Waals surface area contributed by atoms with Gasteiger partial charge in [-0.05, 0) is 62.3 Å². The maximum absolute atomic E-state index is 3.91. The van der Waals surface area contributed by atoms with Crippen LogP contribution in [0.15, 0.2) is 0 Å². The summed E-state index contributed by atoms with van der Waals surface area (Å²) in [4.78, 5) is 0. The third-order valence-electron chi connectivity index (χ3n) is 5.43. The van der Waals surface area contributed by atoms with Gasteiger partial charge in [0.1, 0.15) is 0 Å². The van der Waals surface area contributed by atoms with Gasteiger partial charge in [-0.25, -0.2) is 0 Å². The van der Waals surface area contributed by atoms with Crippen LogP contribution in [0.5, 0.6) is 0 Å². The van der Waals surface area contributed by atoms with Crippen LogP contribution in [-0.4, -0.2) is 12.1 Å². The Bertz CT molecular complexity index is 240. The zero-order valence-corrected chi connectivity index (χ0v) is 12.3. The van der Waals surface area contributed by atoms with Gasteiger partial charge in [0.2, 0.25) is 0 Å². The summed E-state index contributed by atoms with van der Waals surface area (Å²) in [7, 11) is 0. The molecule has 0 bridgehead atoms. The fraction of sp³-hybridized carbons (Fsp3) is 1.00. The summed E-state index contributed by atoms with van der Waals surface area (Å²) in [6.45, 7) is 10.9. The summed E-state index contributed by atoms with van der Waals surface area (Å²) < 4.78 is 0. The van der Waals surface area contributed by atoms with Crippen molar-refractivity contribution in [3.05, 3.63) is 0 Å². The monoisotopic (exact) mass is 237 g/mol. The van der Waals surface area contributed by atoms with E-state index in [1.165, 1.54) is 45.1 Å². The summed E-state index contributed by atoms with van der Waals surface area (Å²) in [5, 5.41) is 3.91. The maximum atomic E-state index is 3.91. The van der Waals surface area contributed by atoms with E-state index < -0.39 is 0 Å². The van der Waals surface area contributed by atoms with E-state index in [-0.39, 0.29) is 0 Å². The van der Waals surface area contributed by atoms with Crippen LogP contribution in [0, 0.1) is 23.7 Å². The normalized spacial score (nSPS) is 43.2. The molecule has 1 nitrogen and oxygen atoms in total. The highest BCUT2D eigenvalue weighted by molar-refractivity contribution is 5.00. The van der Waals surface area contributed by atoms with Crippen LogP contribution in [0.4, 0.5) is 0 Å². The van der Waals surface area contributed by atoms with E-state index in [1.54, 1.807) is 0 Å². The Morgan fingerprint density at radius 1 is 1.18 bits per heavy atom. The van der Waals surface area contributed by atoms with Crippen LogP contribution >= 0.6 is 0 Å². The molecule has 4 unspecified atom stereocenters. The van der Waals surface area contributed by atoms with Gasteiger partial charge in [0.15, 0.2) is 0 Å². The Hall–Kier alpha value is -0.0400. The third kappa shape index (κ3) is 2.86. The Labute approximate surface area is 108 Å². The van der Waals surface area contributed by atoms with Crippen LogP contribution in [0.1, 0.15) is 66.2 Å². The molecule has 1 saturated carbocycles. The minimum Gasteiger partial charge on any atom is -0.311 e. The molecule has 2 fully saturated rings. The Balaban J connectivity index is 2.06. The summed E-state index contributed by atoms with van der Waals surface area (Å²) in [6.07, 6.45) is 8.59. The van der Waals surface area contributed by atoms with Gasteiger partial charge < -0.3 is 5.32 Å². The highest BCUT2D eigenvalue weighted by Crippen LogP contribution is 2.44. The van der Waals surface area contributed by atoms with Crippen LogP contribution in [0.2, 0.25) is 0 Å². The van der Waals surface area contributed by atoms with Crippen molar-refractivity contribution in [1.82, 2.24) is 5.32 Å². The lowest BCUT2D eigenvalue weighted by Crippen LogP contribution is -2.49. The predicted octanol–water partition coefficient (Wildman–Crippen LogP) is 4.23. The molecule has 1 heterocycles. The molecule has 0 aromatic carbocycles. The minimum absolute atomic E-state index is 0.503. The fourth-order valence-corrected chi connectivity index (χ4v) is 4.30. The van der Waals surface area contributed by atoms with E-state index in [0.717, 1.165) is 23.7 Å². The Morgan fingerprint density at radius 2 is 1.94 bits per heavy atom. The predicted molar refractivity (Wildman–Crippen MR) is 75.1 cm³/mol. The van der Waals surface area contributed by atoms with Crippen molar-refractivity contribution < 1.29 is 0 Å². The van der Waals surface area contributed by atoms with E-state index in [0.29, 0.717) is 5.54 Å². The van der Waals surface area contributed by atoms with Crippen molar-refractivity contribution in [3.63, 3.8) is 0 Å². The molecule has 1 saturated heterocycles. The number of hydrogen-bond acceptors (Lipinski definition) is 1. The highest BCUT2D eigenvalue weighted by atomic mass is 15.0. The summed E-state index contributed by atoms with van der Waals surface area (Å²) >= 11 is 0. The van der Waals surface area contributed by atoms with Gasteiger partial charge in [0.25, 0.3) is 0 Å². The standard InChI is InChI=1S/C16H31N/c1-12(2)11-16(8-5-9-17-16)15-7-6-13(3)14(4)10-15/h12-15,17H,5-11H2,1-4H3. The molecule has 0 aromatic heterocycles. The average molecular weight is 237 g/mol. The van der Waals surface area contributed by atoms with Gasteiger partial charge in [0.05, 0.1) is 0 Å². The Morgan fingerprint density at radius 3 is 2.47 bits per heavy atom. The smallest absolute Gasteiger partial charge is 0.0212 e. The van der Waals surface area contributed by atoms with Crippen molar-refractivity contribution in [2.75, 3.05) is 6.54 Å². The number of rotatable bonds is 3. The van der Waals surface area contributed by atoms with E-state index in [4.69, 9.17) is 0 Å². The first-order valence-corrected chi connectivity index (χ1v) is 7.78. The second kappa shape index (κ2) is 5.30. The van der Waals surface area contributed by atoms with Crippen molar-refractivity contribution in [2.24, 2.45) is 23.7 Å². The van der Waals surface area contributed by atoms with E-state index in [9.17, 15) is 0 Å². The maximum Gasteiger partial charge on any atom is 0.0212 e. The van der Waals surface area contributed by atoms with Crippen LogP contribution < -0.4 is 5.32 Å². The third-order valence-corrected chi connectivity index (χ3v) is 5.43. The molecule has 0 radical (unpaired) electrons. The fourth-order valence-electron chi connectivity index (χ4n) is 4.30. The van der Waals surface area contributed by atoms with Gasteiger partial charge in [-0.15, -0.1) is 0 Å². The van der Waals surface area contributed by atoms with Gasteiger partial charge in [0, 0.05) is 5.54 Å². The first kappa shape index (κ1) is 13.4. The van der Waals surface area contributed by atoms with Gasteiger partial charge in [-0.3, -0.25) is 0 Å². The lowest BCUT2D eigenvalue weighted by molar-refractivity contribution is 0.102. The summed E-state index contributed by atoms with van der Waals surface area (Å²) in [5.41, 5.74) is 0.503. The SMILES string of the molecule is CC(C)CC1(C2CCC(C)C(C)C2)CCCN1. The zero-order valence-electron chi connectivity index (χ0n) is 12.3. The molecular formula is C16H31N. The van der Waals surface area contributed by atoms with Crippen molar-refractivity contribution in [3.8, 4) is 0 Å². The first-order chi connectivity index (χ1) is 8.03. The van der Waals surface area contributed by atoms with Crippen LogP contribution in [0.3, 0.4) is 0 Å². The number of nitrogens with one attached hydrogen (secondary N) is 1. The molecule has 1 aliphatic heterocycles. The van der Waals surface area contributed by atoms with E-state index in [2.05, 4.69) is 33.0 Å². The molecule has 0 aromatic rings.